The normalized spacial score (nSPS) is 25.9. The van der Waals surface area contributed by atoms with Crippen molar-refractivity contribution in [2.45, 2.75) is 32.7 Å². The molecule has 90 valence electrons. The molecule has 4 nitrogen and oxygen atoms in total. The monoisotopic (exact) mass is 242 g/mol. The van der Waals surface area contributed by atoms with Crippen LogP contribution < -0.4 is 5.32 Å². The van der Waals surface area contributed by atoms with E-state index in [4.69, 9.17) is 9.47 Å². The first kappa shape index (κ1) is 12.0. The van der Waals surface area contributed by atoms with Crippen LogP contribution in [0.3, 0.4) is 0 Å². The number of hydrogen-bond donors (Lipinski definition) is 1. The molecule has 0 saturated carbocycles. The first-order chi connectivity index (χ1) is 7.74. The molecular formula is C11H18N2O2S. The van der Waals surface area contributed by atoms with Gasteiger partial charge in [-0.1, -0.05) is 0 Å². The van der Waals surface area contributed by atoms with Crippen molar-refractivity contribution in [1.82, 2.24) is 10.3 Å². The summed E-state index contributed by atoms with van der Waals surface area (Å²) in [5.41, 5.74) is 0. The fraction of sp³-hybridized carbons (Fsp3) is 0.727. The third kappa shape index (κ3) is 3.52. The van der Waals surface area contributed by atoms with Gasteiger partial charge < -0.3 is 14.8 Å². The highest BCUT2D eigenvalue weighted by Crippen LogP contribution is 2.13. The topological polar surface area (TPSA) is 43.4 Å². The van der Waals surface area contributed by atoms with E-state index in [9.17, 15) is 0 Å². The molecule has 16 heavy (non-hydrogen) atoms. The fourth-order valence-corrected chi connectivity index (χ4v) is 2.47. The van der Waals surface area contributed by atoms with Crippen molar-refractivity contribution >= 4 is 11.3 Å². The lowest BCUT2D eigenvalue weighted by Gasteiger charge is -2.28. The Hall–Kier alpha value is -0.490. The summed E-state index contributed by atoms with van der Waals surface area (Å²) in [6.07, 6.45) is 2.34. The molecule has 2 atom stereocenters. The van der Waals surface area contributed by atoms with E-state index < -0.39 is 0 Å². The van der Waals surface area contributed by atoms with Crippen LogP contribution in [0.1, 0.15) is 16.8 Å². The Morgan fingerprint density at radius 2 is 2.50 bits per heavy atom. The number of nitrogens with zero attached hydrogens (tertiary/aromatic N) is 1. The van der Waals surface area contributed by atoms with Crippen LogP contribution in [0.2, 0.25) is 0 Å². The molecule has 5 heteroatoms. The Bertz CT molecular complexity index is 330. The number of ether oxygens (including phenoxy) is 2. The summed E-state index contributed by atoms with van der Waals surface area (Å²) >= 11 is 1.68. The van der Waals surface area contributed by atoms with Gasteiger partial charge in [-0.05, 0) is 13.8 Å². The summed E-state index contributed by atoms with van der Waals surface area (Å²) in [7, 11) is 0. The first-order valence-corrected chi connectivity index (χ1v) is 6.41. The van der Waals surface area contributed by atoms with Crippen LogP contribution in [0.5, 0.6) is 0 Å². The maximum absolute atomic E-state index is 5.73. The first-order valence-electron chi connectivity index (χ1n) is 5.59. The van der Waals surface area contributed by atoms with Crippen molar-refractivity contribution in [3.63, 3.8) is 0 Å². The highest BCUT2D eigenvalue weighted by atomic mass is 32.1. The van der Waals surface area contributed by atoms with E-state index in [1.807, 2.05) is 13.1 Å². The van der Waals surface area contributed by atoms with Crippen molar-refractivity contribution in [2.75, 3.05) is 19.7 Å². The third-order valence-electron chi connectivity index (χ3n) is 2.45. The molecular weight excluding hydrogens is 224 g/mol. The Kier molecular flexibility index (Phi) is 4.29. The Morgan fingerprint density at radius 1 is 1.62 bits per heavy atom. The molecule has 0 spiro atoms. The molecule has 1 fully saturated rings. The van der Waals surface area contributed by atoms with Crippen LogP contribution in [-0.2, 0) is 16.1 Å². The fourth-order valence-electron chi connectivity index (χ4n) is 1.73. The minimum Gasteiger partial charge on any atom is -0.373 e. The van der Waals surface area contributed by atoms with Crippen molar-refractivity contribution < 1.29 is 9.47 Å². The van der Waals surface area contributed by atoms with Crippen LogP contribution >= 0.6 is 11.3 Å². The van der Waals surface area contributed by atoms with Gasteiger partial charge in [-0.25, -0.2) is 4.98 Å². The summed E-state index contributed by atoms with van der Waals surface area (Å²) in [5.74, 6) is 0. The van der Waals surface area contributed by atoms with Crippen LogP contribution in [0.25, 0.3) is 0 Å². The summed E-state index contributed by atoms with van der Waals surface area (Å²) in [6.45, 7) is 7.18. The molecule has 0 aliphatic carbocycles. The van der Waals surface area contributed by atoms with Gasteiger partial charge in [-0.2, -0.15) is 0 Å². The summed E-state index contributed by atoms with van der Waals surface area (Å²) < 4.78 is 11.4. The summed E-state index contributed by atoms with van der Waals surface area (Å²) in [6, 6.07) is 0. The van der Waals surface area contributed by atoms with E-state index in [1.165, 1.54) is 4.88 Å². The average Bonchev–Trinajstić information content (AvgIpc) is 2.64. The zero-order chi connectivity index (χ0) is 11.4. The lowest BCUT2D eigenvalue weighted by atomic mass is 10.2. The third-order valence-corrected chi connectivity index (χ3v) is 3.33. The van der Waals surface area contributed by atoms with Crippen molar-refractivity contribution in [2.24, 2.45) is 0 Å². The second kappa shape index (κ2) is 5.72. The SMILES string of the molecule is Cc1ncc(COCC2CNCC(C)O2)s1. The van der Waals surface area contributed by atoms with Gasteiger partial charge in [0.2, 0.25) is 0 Å². The Morgan fingerprint density at radius 3 is 3.19 bits per heavy atom. The predicted octanol–water partition coefficient (Wildman–Crippen LogP) is 1.35. The molecule has 1 aliphatic rings. The highest BCUT2D eigenvalue weighted by Gasteiger charge is 2.18. The lowest BCUT2D eigenvalue weighted by molar-refractivity contribution is -0.0713. The van der Waals surface area contributed by atoms with Gasteiger partial charge in [0.25, 0.3) is 0 Å². The molecule has 1 saturated heterocycles. The number of thiazole rings is 1. The molecule has 1 aliphatic heterocycles. The van der Waals surface area contributed by atoms with E-state index in [0.717, 1.165) is 18.1 Å². The standard InChI is InChI=1S/C11H18N2O2S/c1-8-3-12-4-10(15-8)6-14-7-11-5-13-9(2)16-11/h5,8,10,12H,3-4,6-7H2,1-2H3. The van der Waals surface area contributed by atoms with E-state index in [2.05, 4.69) is 17.2 Å². The molecule has 1 aromatic rings. The van der Waals surface area contributed by atoms with Crippen LogP contribution in [0, 0.1) is 6.92 Å². The lowest BCUT2D eigenvalue weighted by Crippen LogP contribution is -2.45. The minimum atomic E-state index is 0.178. The zero-order valence-electron chi connectivity index (χ0n) is 9.73. The van der Waals surface area contributed by atoms with Crippen molar-refractivity contribution in [3.8, 4) is 0 Å². The number of aromatic nitrogens is 1. The number of hydrogen-bond acceptors (Lipinski definition) is 5. The minimum absolute atomic E-state index is 0.178. The molecule has 1 N–H and O–H groups in total. The largest absolute Gasteiger partial charge is 0.373 e. The predicted molar refractivity (Wildman–Crippen MR) is 63.7 cm³/mol. The maximum Gasteiger partial charge on any atom is 0.0936 e. The molecule has 2 heterocycles. The molecule has 2 rings (SSSR count). The number of aryl methyl sites for hydroxylation is 1. The van der Waals surface area contributed by atoms with Crippen molar-refractivity contribution in [1.29, 1.82) is 0 Å². The molecule has 0 bridgehead atoms. The Labute approximate surface area is 100.0 Å². The van der Waals surface area contributed by atoms with Gasteiger partial charge in [0, 0.05) is 19.3 Å². The van der Waals surface area contributed by atoms with Crippen LogP contribution in [0.4, 0.5) is 0 Å². The van der Waals surface area contributed by atoms with Gasteiger partial charge in [0.1, 0.15) is 0 Å². The quantitative estimate of drug-likeness (QED) is 0.865. The molecule has 0 amide bonds. The molecule has 1 aromatic heterocycles. The second-order valence-corrected chi connectivity index (χ2v) is 5.41. The van der Waals surface area contributed by atoms with Crippen molar-refractivity contribution in [3.05, 3.63) is 16.1 Å². The van der Waals surface area contributed by atoms with Crippen LogP contribution in [-0.4, -0.2) is 36.9 Å². The summed E-state index contributed by atoms with van der Waals surface area (Å²) in [4.78, 5) is 5.36. The summed E-state index contributed by atoms with van der Waals surface area (Å²) in [5, 5.41) is 4.41. The Balaban J connectivity index is 1.67. The van der Waals surface area contributed by atoms with Crippen LogP contribution in [0.15, 0.2) is 6.20 Å². The highest BCUT2D eigenvalue weighted by molar-refractivity contribution is 7.11. The smallest absolute Gasteiger partial charge is 0.0936 e. The zero-order valence-corrected chi connectivity index (χ0v) is 10.5. The average molecular weight is 242 g/mol. The van der Waals surface area contributed by atoms with E-state index in [-0.39, 0.29) is 12.2 Å². The second-order valence-electron chi connectivity index (χ2n) is 4.09. The number of nitrogens with one attached hydrogen (secondary N) is 1. The van der Waals surface area contributed by atoms with Gasteiger partial charge in [-0.15, -0.1) is 11.3 Å². The molecule has 2 unspecified atom stereocenters. The number of rotatable bonds is 4. The van der Waals surface area contributed by atoms with Gasteiger partial charge in [0.15, 0.2) is 0 Å². The van der Waals surface area contributed by atoms with Gasteiger partial charge in [-0.3, -0.25) is 0 Å². The van der Waals surface area contributed by atoms with Gasteiger partial charge >= 0.3 is 0 Å². The van der Waals surface area contributed by atoms with Gasteiger partial charge in [0.05, 0.1) is 35.3 Å². The van der Waals surface area contributed by atoms with E-state index >= 15 is 0 Å². The van der Waals surface area contributed by atoms with E-state index in [0.29, 0.717) is 13.2 Å². The molecule has 0 aromatic carbocycles. The molecule has 0 radical (unpaired) electrons. The number of morpholine rings is 1. The van der Waals surface area contributed by atoms with E-state index in [1.54, 1.807) is 11.3 Å². The maximum atomic E-state index is 5.73.